The molecule has 1 fully saturated rings. The Balaban J connectivity index is 1.94. The first-order valence-electron chi connectivity index (χ1n) is 5.61. The van der Waals surface area contributed by atoms with Crippen LogP contribution in [0.4, 0.5) is 13.2 Å². The molecule has 0 saturated carbocycles. The van der Waals surface area contributed by atoms with Gasteiger partial charge in [-0.25, -0.2) is 0 Å². The molecule has 0 aromatic carbocycles. The van der Waals surface area contributed by atoms with Crippen LogP contribution in [-0.2, 0) is 12.7 Å². The predicted molar refractivity (Wildman–Crippen MR) is 53.0 cm³/mol. The van der Waals surface area contributed by atoms with Gasteiger partial charge in [-0.3, -0.25) is 4.90 Å². The molecule has 0 bridgehead atoms. The first-order valence-corrected chi connectivity index (χ1v) is 5.61. The number of halogens is 3. The molecule has 17 heavy (non-hydrogen) atoms. The highest BCUT2D eigenvalue weighted by Crippen LogP contribution is 2.27. The van der Waals surface area contributed by atoms with Crippen LogP contribution in [0.25, 0.3) is 0 Å². The molecule has 1 saturated heterocycles. The number of hydrogen-bond donors (Lipinski definition) is 0. The predicted octanol–water partition coefficient (Wildman–Crippen LogP) is 2.32. The van der Waals surface area contributed by atoms with Crippen LogP contribution in [0.2, 0.25) is 0 Å². The van der Waals surface area contributed by atoms with Crippen molar-refractivity contribution in [2.24, 2.45) is 5.92 Å². The van der Waals surface area contributed by atoms with Gasteiger partial charge in [0.15, 0.2) is 0 Å². The smallest absolute Gasteiger partial charge is 0.338 e. The monoisotopic (exact) mass is 249 g/mol. The lowest BCUT2D eigenvalue weighted by molar-refractivity contribution is -0.146. The van der Waals surface area contributed by atoms with E-state index in [0.717, 1.165) is 25.9 Å². The van der Waals surface area contributed by atoms with Gasteiger partial charge in [0.05, 0.1) is 6.54 Å². The van der Waals surface area contributed by atoms with E-state index in [-0.39, 0.29) is 5.89 Å². The Kier molecular flexibility index (Phi) is 3.37. The average Bonchev–Trinajstić information content (AvgIpc) is 2.86. The number of rotatable bonds is 3. The minimum atomic E-state index is -4.53. The molecule has 2 heterocycles. The highest BCUT2D eigenvalue weighted by atomic mass is 19.4. The summed E-state index contributed by atoms with van der Waals surface area (Å²) in [6, 6.07) is 0. The lowest BCUT2D eigenvalue weighted by atomic mass is 10.1. The third-order valence-electron chi connectivity index (χ3n) is 3.03. The van der Waals surface area contributed by atoms with Crippen LogP contribution < -0.4 is 0 Å². The molecule has 1 unspecified atom stereocenters. The highest BCUT2D eigenvalue weighted by Gasteiger charge is 2.37. The minimum absolute atomic E-state index is 0.0362. The summed E-state index contributed by atoms with van der Waals surface area (Å²) in [5, 5.41) is 2.93. The van der Waals surface area contributed by atoms with Gasteiger partial charge < -0.3 is 4.52 Å². The Labute approximate surface area is 96.8 Å². The maximum absolute atomic E-state index is 12.2. The van der Waals surface area contributed by atoms with E-state index in [1.807, 2.05) is 4.90 Å². The summed E-state index contributed by atoms with van der Waals surface area (Å²) in [6.45, 7) is 4.19. The lowest BCUT2D eigenvalue weighted by Crippen LogP contribution is -2.20. The zero-order valence-electron chi connectivity index (χ0n) is 9.50. The van der Waals surface area contributed by atoms with E-state index in [2.05, 4.69) is 21.6 Å². The van der Waals surface area contributed by atoms with Gasteiger partial charge >= 0.3 is 6.18 Å². The first kappa shape index (κ1) is 12.3. The van der Waals surface area contributed by atoms with Crippen LogP contribution >= 0.6 is 0 Å². The maximum Gasteiger partial charge on any atom is 0.455 e. The van der Waals surface area contributed by atoms with Crippen molar-refractivity contribution in [2.45, 2.75) is 32.5 Å². The normalized spacial score (nSPS) is 22.2. The molecule has 0 aliphatic carbocycles. The quantitative estimate of drug-likeness (QED) is 0.824. The molecule has 2 rings (SSSR count). The van der Waals surface area contributed by atoms with E-state index in [9.17, 15) is 13.2 Å². The Hall–Kier alpha value is -1.11. The summed E-state index contributed by atoms with van der Waals surface area (Å²) >= 11 is 0. The topological polar surface area (TPSA) is 42.2 Å². The third kappa shape index (κ3) is 2.96. The summed E-state index contributed by atoms with van der Waals surface area (Å²) in [4.78, 5) is 5.39. The molecule has 1 aromatic rings. The number of hydrogen-bond acceptors (Lipinski definition) is 4. The molecular weight excluding hydrogens is 235 g/mol. The van der Waals surface area contributed by atoms with Gasteiger partial charge in [0.2, 0.25) is 5.89 Å². The van der Waals surface area contributed by atoms with E-state index >= 15 is 0 Å². The van der Waals surface area contributed by atoms with Crippen LogP contribution in [0.3, 0.4) is 0 Å². The fourth-order valence-corrected chi connectivity index (χ4v) is 2.02. The molecule has 0 N–H and O–H groups in total. The number of likely N-dealkylation sites (tertiary alicyclic amines) is 1. The summed E-state index contributed by atoms with van der Waals surface area (Å²) in [5.74, 6) is -0.534. The molecule has 1 aliphatic rings. The summed E-state index contributed by atoms with van der Waals surface area (Å²) in [6.07, 6.45) is -2.36. The van der Waals surface area contributed by atoms with Crippen molar-refractivity contribution >= 4 is 0 Å². The van der Waals surface area contributed by atoms with Crippen molar-refractivity contribution in [1.29, 1.82) is 0 Å². The molecule has 1 aliphatic heterocycles. The Morgan fingerprint density at radius 3 is 2.76 bits per heavy atom. The Bertz CT molecular complexity index is 377. The Morgan fingerprint density at radius 1 is 1.47 bits per heavy atom. The van der Waals surface area contributed by atoms with E-state index in [1.54, 1.807) is 0 Å². The fourth-order valence-electron chi connectivity index (χ4n) is 2.02. The molecule has 0 spiro atoms. The zero-order chi connectivity index (χ0) is 12.5. The molecule has 0 amide bonds. The second-order valence-corrected chi connectivity index (χ2v) is 4.31. The van der Waals surface area contributed by atoms with Crippen molar-refractivity contribution in [3.8, 4) is 0 Å². The molecule has 96 valence electrons. The SMILES string of the molecule is CCC1CCN(Cc2nc(C(F)(F)F)no2)C1. The maximum atomic E-state index is 12.2. The Morgan fingerprint density at radius 2 is 2.24 bits per heavy atom. The second kappa shape index (κ2) is 4.64. The van der Waals surface area contributed by atoms with Crippen molar-refractivity contribution in [3.63, 3.8) is 0 Å². The van der Waals surface area contributed by atoms with Gasteiger partial charge in [-0.1, -0.05) is 18.5 Å². The molecule has 4 nitrogen and oxygen atoms in total. The highest BCUT2D eigenvalue weighted by molar-refractivity contribution is 4.91. The van der Waals surface area contributed by atoms with E-state index in [1.165, 1.54) is 0 Å². The molecule has 1 aromatic heterocycles. The lowest BCUT2D eigenvalue weighted by Gasteiger charge is -2.12. The zero-order valence-corrected chi connectivity index (χ0v) is 9.50. The van der Waals surface area contributed by atoms with Crippen LogP contribution in [-0.4, -0.2) is 28.1 Å². The van der Waals surface area contributed by atoms with Gasteiger partial charge in [-0.15, -0.1) is 0 Å². The number of aromatic nitrogens is 2. The van der Waals surface area contributed by atoms with Crippen LogP contribution in [0.15, 0.2) is 4.52 Å². The van der Waals surface area contributed by atoms with Crippen LogP contribution in [0.5, 0.6) is 0 Å². The average molecular weight is 249 g/mol. The summed E-state index contributed by atoms with van der Waals surface area (Å²) < 4.78 is 41.3. The molecular formula is C10H14F3N3O. The van der Waals surface area contributed by atoms with Gasteiger partial charge in [-0.05, 0) is 18.9 Å². The minimum Gasteiger partial charge on any atom is -0.338 e. The molecule has 0 radical (unpaired) electrons. The fraction of sp³-hybridized carbons (Fsp3) is 0.800. The van der Waals surface area contributed by atoms with Crippen molar-refractivity contribution in [3.05, 3.63) is 11.7 Å². The first-order chi connectivity index (χ1) is 7.99. The van der Waals surface area contributed by atoms with Crippen LogP contribution in [0, 0.1) is 5.92 Å². The van der Waals surface area contributed by atoms with Gasteiger partial charge in [0.25, 0.3) is 5.82 Å². The van der Waals surface area contributed by atoms with E-state index in [0.29, 0.717) is 12.5 Å². The van der Waals surface area contributed by atoms with Crippen LogP contribution in [0.1, 0.15) is 31.5 Å². The number of alkyl halides is 3. The number of nitrogens with zero attached hydrogens (tertiary/aromatic N) is 3. The largest absolute Gasteiger partial charge is 0.455 e. The summed E-state index contributed by atoms with van der Waals surface area (Å²) in [7, 11) is 0. The molecule has 7 heteroatoms. The van der Waals surface area contributed by atoms with Gasteiger partial charge in [0, 0.05) is 6.54 Å². The van der Waals surface area contributed by atoms with Gasteiger partial charge in [0.1, 0.15) is 0 Å². The third-order valence-corrected chi connectivity index (χ3v) is 3.03. The van der Waals surface area contributed by atoms with E-state index < -0.39 is 12.0 Å². The van der Waals surface area contributed by atoms with E-state index in [4.69, 9.17) is 0 Å². The van der Waals surface area contributed by atoms with Crippen molar-refractivity contribution in [1.82, 2.24) is 15.0 Å². The molecule has 1 atom stereocenters. The second-order valence-electron chi connectivity index (χ2n) is 4.31. The standard InChI is InChI=1S/C10H14F3N3O/c1-2-7-3-4-16(5-7)6-8-14-9(15-17-8)10(11,12)13/h7H,2-6H2,1H3. The van der Waals surface area contributed by atoms with Crippen molar-refractivity contribution in [2.75, 3.05) is 13.1 Å². The summed E-state index contributed by atoms with van der Waals surface area (Å²) in [5.41, 5.74) is 0. The van der Waals surface area contributed by atoms with Gasteiger partial charge in [-0.2, -0.15) is 18.2 Å². The van der Waals surface area contributed by atoms with Crippen molar-refractivity contribution < 1.29 is 17.7 Å².